The lowest BCUT2D eigenvalue weighted by atomic mass is 9.73. The van der Waals surface area contributed by atoms with Gasteiger partial charge < -0.3 is 10.1 Å². The number of nitrogens with zero attached hydrogens (tertiary/aromatic N) is 1. The van der Waals surface area contributed by atoms with Crippen LogP contribution in [0.4, 0.5) is 0 Å². The van der Waals surface area contributed by atoms with Gasteiger partial charge in [-0.25, -0.2) is 0 Å². The average Bonchev–Trinajstić information content (AvgIpc) is 2.81. The number of carbonyl (C=O) groups is 1. The van der Waals surface area contributed by atoms with Gasteiger partial charge in [0.1, 0.15) is 5.75 Å². The molecule has 0 saturated carbocycles. The number of likely N-dealkylation sites (tertiary alicyclic amines) is 1. The minimum atomic E-state index is -0.260. The van der Waals surface area contributed by atoms with E-state index in [0.29, 0.717) is 6.54 Å². The fourth-order valence-electron chi connectivity index (χ4n) is 4.33. The summed E-state index contributed by atoms with van der Waals surface area (Å²) < 4.78 is 5.48. The molecule has 2 heterocycles. The fourth-order valence-corrected chi connectivity index (χ4v) is 4.33. The molecule has 4 heteroatoms. The van der Waals surface area contributed by atoms with Crippen molar-refractivity contribution >= 4 is 5.91 Å². The Morgan fingerprint density at radius 2 is 1.73 bits per heavy atom. The molecule has 2 aliphatic rings. The Bertz CT molecular complexity index is 794. The van der Waals surface area contributed by atoms with Gasteiger partial charge in [-0.1, -0.05) is 42.5 Å². The quantitative estimate of drug-likeness (QED) is 0.925. The number of fused-ring (bicyclic) bond motifs is 1. The number of methoxy groups -OCH3 is 1. The first-order chi connectivity index (χ1) is 12.7. The molecule has 2 aromatic rings. The lowest BCUT2D eigenvalue weighted by Crippen LogP contribution is -2.48. The monoisotopic (exact) mass is 350 g/mol. The van der Waals surface area contributed by atoms with E-state index in [0.717, 1.165) is 44.6 Å². The van der Waals surface area contributed by atoms with Gasteiger partial charge in [-0.2, -0.15) is 0 Å². The Morgan fingerprint density at radius 1 is 1.04 bits per heavy atom. The van der Waals surface area contributed by atoms with E-state index in [1.54, 1.807) is 7.11 Å². The SMILES string of the molecule is COc1ccccc1CN1CCC2(CC1)Cc1ccccc1CNC2=O. The summed E-state index contributed by atoms with van der Waals surface area (Å²) >= 11 is 0. The van der Waals surface area contributed by atoms with Crippen molar-refractivity contribution in [1.82, 2.24) is 10.2 Å². The zero-order chi connectivity index (χ0) is 18.0. The first-order valence-electron chi connectivity index (χ1n) is 9.39. The van der Waals surface area contributed by atoms with Crippen LogP contribution in [-0.2, 0) is 24.3 Å². The zero-order valence-electron chi connectivity index (χ0n) is 15.3. The van der Waals surface area contributed by atoms with Crippen molar-refractivity contribution in [3.8, 4) is 5.75 Å². The number of nitrogens with one attached hydrogen (secondary N) is 1. The molecule has 1 spiro atoms. The molecule has 0 aromatic heterocycles. The highest BCUT2D eigenvalue weighted by molar-refractivity contribution is 5.83. The number of rotatable bonds is 3. The first kappa shape index (κ1) is 17.1. The van der Waals surface area contributed by atoms with Crippen LogP contribution in [0.15, 0.2) is 48.5 Å². The van der Waals surface area contributed by atoms with E-state index in [1.807, 2.05) is 12.1 Å². The van der Waals surface area contributed by atoms with E-state index in [2.05, 4.69) is 46.6 Å². The highest BCUT2D eigenvalue weighted by Gasteiger charge is 2.42. The minimum absolute atomic E-state index is 0.227. The van der Waals surface area contributed by atoms with Gasteiger partial charge in [0.25, 0.3) is 0 Å². The van der Waals surface area contributed by atoms with Crippen LogP contribution in [0.5, 0.6) is 5.75 Å². The number of ether oxygens (including phenoxy) is 1. The molecule has 4 rings (SSSR count). The van der Waals surface area contributed by atoms with Gasteiger partial charge in [0.2, 0.25) is 5.91 Å². The van der Waals surface area contributed by atoms with E-state index < -0.39 is 0 Å². The Hall–Kier alpha value is -2.33. The van der Waals surface area contributed by atoms with Gasteiger partial charge in [0.05, 0.1) is 12.5 Å². The van der Waals surface area contributed by atoms with Crippen LogP contribution in [0.25, 0.3) is 0 Å². The first-order valence-corrected chi connectivity index (χ1v) is 9.39. The minimum Gasteiger partial charge on any atom is -0.496 e. The van der Waals surface area contributed by atoms with E-state index >= 15 is 0 Å². The zero-order valence-corrected chi connectivity index (χ0v) is 15.3. The third-order valence-corrected chi connectivity index (χ3v) is 5.97. The number of amides is 1. The summed E-state index contributed by atoms with van der Waals surface area (Å²) in [6.07, 6.45) is 2.67. The molecule has 0 radical (unpaired) electrons. The topological polar surface area (TPSA) is 41.6 Å². The Morgan fingerprint density at radius 3 is 2.50 bits per heavy atom. The second kappa shape index (κ2) is 7.12. The third-order valence-electron chi connectivity index (χ3n) is 5.97. The second-order valence-corrected chi connectivity index (χ2v) is 7.50. The molecule has 1 amide bonds. The molecule has 26 heavy (non-hydrogen) atoms. The standard InChI is InChI=1S/C22H26N2O2/c1-26-20-9-5-4-8-19(20)16-24-12-10-22(11-13-24)14-17-6-2-3-7-18(17)15-23-21(22)25/h2-9H,10-16H2,1H3,(H,23,25). The predicted octanol–water partition coefficient (Wildman–Crippen LogP) is 3.15. The predicted molar refractivity (Wildman–Crippen MR) is 102 cm³/mol. The summed E-state index contributed by atoms with van der Waals surface area (Å²) in [6.45, 7) is 3.40. The maximum atomic E-state index is 12.9. The van der Waals surface area contributed by atoms with Crippen LogP contribution in [0, 0.1) is 5.41 Å². The summed E-state index contributed by atoms with van der Waals surface area (Å²) in [5.41, 5.74) is 3.53. The van der Waals surface area contributed by atoms with Crippen LogP contribution in [0.3, 0.4) is 0 Å². The highest BCUT2D eigenvalue weighted by atomic mass is 16.5. The molecule has 136 valence electrons. The Labute approximate surface area is 155 Å². The Balaban J connectivity index is 1.48. The molecule has 0 aliphatic carbocycles. The molecule has 4 nitrogen and oxygen atoms in total. The van der Waals surface area contributed by atoms with E-state index in [9.17, 15) is 4.79 Å². The molecule has 0 atom stereocenters. The number of para-hydroxylation sites is 1. The van der Waals surface area contributed by atoms with Crippen LogP contribution in [-0.4, -0.2) is 31.0 Å². The van der Waals surface area contributed by atoms with Gasteiger partial charge in [0.15, 0.2) is 0 Å². The number of hydrogen-bond donors (Lipinski definition) is 1. The normalized spacial score (nSPS) is 19.5. The lowest BCUT2D eigenvalue weighted by Gasteiger charge is -2.40. The van der Waals surface area contributed by atoms with Crippen molar-refractivity contribution in [3.63, 3.8) is 0 Å². The third kappa shape index (κ3) is 3.21. The molecular formula is C22H26N2O2. The van der Waals surface area contributed by atoms with Crippen LogP contribution >= 0.6 is 0 Å². The molecule has 1 N–H and O–H groups in total. The average molecular weight is 350 g/mol. The van der Waals surface area contributed by atoms with Crippen molar-refractivity contribution in [2.75, 3.05) is 20.2 Å². The number of benzene rings is 2. The largest absolute Gasteiger partial charge is 0.496 e. The number of piperidine rings is 1. The number of carbonyl (C=O) groups excluding carboxylic acids is 1. The van der Waals surface area contributed by atoms with Crippen LogP contribution in [0.2, 0.25) is 0 Å². The molecule has 1 fully saturated rings. The molecular weight excluding hydrogens is 324 g/mol. The van der Waals surface area contributed by atoms with Crippen molar-refractivity contribution in [3.05, 3.63) is 65.2 Å². The van der Waals surface area contributed by atoms with Crippen LogP contribution < -0.4 is 10.1 Å². The van der Waals surface area contributed by atoms with Gasteiger partial charge in [-0.15, -0.1) is 0 Å². The smallest absolute Gasteiger partial charge is 0.226 e. The molecule has 0 bridgehead atoms. The van der Waals surface area contributed by atoms with Gasteiger partial charge >= 0.3 is 0 Å². The van der Waals surface area contributed by atoms with E-state index in [-0.39, 0.29) is 11.3 Å². The van der Waals surface area contributed by atoms with Crippen molar-refractivity contribution < 1.29 is 9.53 Å². The second-order valence-electron chi connectivity index (χ2n) is 7.50. The summed E-state index contributed by atoms with van der Waals surface area (Å²) in [5.74, 6) is 1.17. The summed E-state index contributed by atoms with van der Waals surface area (Å²) in [5, 5.41) is 3.17. The fraction of sp³-hybridized carbons (Fsp3) is 0.409. The van der Waals surface area contributed by atoms with E-state index in [1.165, 1.54) is 16.7 Å². The van der Waals surface area contributed by atoms with Gasteiger partial charge in [-0.05, 0) is 49.5 Å². The summed E-state index contributed by atoms with van der Waals surface area (Å²) in [4.78, 5) is 15.3. The summed E-state index contributed by atoms with van der Waals surface area (Å²) in [7, 11) is 1.72. The van der Waals surface area contributed by atoms with Crippen molar-refractivity contribution in [1.29, 1.82) is 0 Å². The van der Waals surface area contributed by atoms with Crippen molar-refractivity contribution in [2.45, 2.75) is 32.4 Å². The molecule has 2 aromatic carbocycles. The highest BCUT2D eigenvalue weighted by Crippen LogP contribution is 2.38. The molecule has 0 unspecified atom stereocenters. The molecule has 1 saturated heterocycles. The summed E-state index contributed by atoms with van der Waals surface area (Å²) in [6, 6.07) is 16.6. The maximum Gasteiger partial charge on any atom is 0.226 e. The Kier molecular flexibility index (Phi) is 4.68. The van der Waals surface area contributed by atoms with Crippen molar-refractivity contribution in [2.24, 2.45) is 5.41 Å². The maximum absolute atomic E-state index is 12.9. The van der Waals surface area contributed by atoms with Crippen LogP contribution in [0.1, 0.15) is 29.5 Å². The van der Waals surface area contributed by atoms with Gasteiger partial charge in [-0.3, -0.25) is 9.69 Å². The lowest BCUT2D eigenvalue weighted by molar-refractivity contribution is -0.133. The molecule has 2 aliphatic heterocycles. The van der Waals surface area contributed by atoms with E-state index in [4.69, 9.17) is 4.74 Å². The van der Waals surface area contributed by atoms with Gasteiger partial charge in [0, 0.05) is 18.7 Å². The number of hydrogen-bond acceptors (Lipinski definition) is 3.